The largest absolute Gasteiger partial charge is 0.493 e. The van der Waals surface area contributed by atoms with E-state index in [9.17, 15) is 4.79 Å². The van der Waals surface area contributed by atoms with E-state index in [1.54, 1.807) is 31.3 Å². The van der Waals surface area contributed by atoms with Crippen molar-refractivity contribution in [3.8, 4) is 11.5 Å². The molecule has 0 aliphatic carbocycles. The van der Waals surface area contributed by atoms with Crippen LogP contribution < -0.4 is 9.47 Å². The molecule has 2 aromatic rings. The molecule has 0 spiro atoms. The van der Waals surface area contributed by atoms with E-state index in [1.807, 2.05) is 18.2 Å². The first-order valence-corrected chi connectivity index (χ1v) is 11.4. The summed E-state index contributed by atoms with van der Waals surface area (Å²) in [5, 5.41) is 0. The smallest absolute Gasteiger partial charge is 0.289 e. The highest BCUT2D eigenvalue weighted by molar-refractivity contribution is 5.91. The van der Waals surface area contributed by atoms with Gasteiger partial charge >= 0.3 is 0 Å². The normalized spacial score (nSPS) is 19.2. The summed E-state index contributed by atoms with van der Waals surface area (Å²) in [6.45, 7) is 6.00. The van der Waals surface area contributed by atoms with Crippen LogP contribution in [0.2, 0.25) is 0 Å². The average Bonchev–Trinajstić information content (AvgIpc) is 3.48. The summed E-state index contributed by atoms with van der Waals surface area (Å²) < 4.78 is 33.5. The Morgan fingerprint density at radius 2 is 2.03 bits per heavy atom. The average molecular weight is 460 g/mol. The number of benzene rings is 1. The molecule has 0 N–H and O–H groups in total. The SMILES string of the molecule is COCc1ccc(C(=O)N(Cc2ccc(OC)c(OCC3(C)COC3)c2)C[C@H]2CCCO2)o1. The number of hydrogen-bond acceptors (Lipinski definition) is 7. The van der Waals surface area contributed by atoms with Crippen molar-refractivity contribution >= 4 is 5.91 Å². The van der Waals surface area contributed by atoms with Crippen LogP contribution in [0.3, 0.4) is 0 Å². The minimum absolute atomic E-state index is 0.0159. The van der Waals surface area contributed by atoms with E-state index in [-0.39, 0.29) is 17.4 Å². The molecule has 4 rings (SSSR count). The number of amides is 1. The van der Waals surface area contributed by atoms with Gasteiger partial charge < -0.3 is 33.0 Å². The van der Waals surface area contributed by atoms with Crippen LogP contribution in [0.5, 0.6) is 11.5 Å². The Labute approximate surface area is 194 Å². The van der Waals surface area contributed by atoms with E-state index >= 15 is 0 Å². The number of ether oxygens (including phenoxy) is 5. The number of carbonyl (C=O) groups is 1. The van der Waals surface area contributed by atoms with Gasteiger partial charge in [-0.3, -0.25) is 4.79 Å². The predicted molar refractivity (Wildman–Crippen MR) is 121 cm³/mol. The van der Waals surface area contributed by atoms with E-state index in [0.717, 1.165) is 25.0 Å². The summed E-state index contributed by atoms with van der Waals surface area (Å²) in [7, 11) is 3.22. The van der Waals surface area contributed by atoms with Gasteiger partial charge in [-0.1, -0.05) is 13.0 Å². The van der Waals surface area contributed by atoms with Crippen molar-refractivity contribution in [1.82, 2.24) is 4.90 Å². The number of carbonyl (C=O) groups excluding carboxylic acids is 1. The zero-order valence-electron chi connectivity index (χ0n) is 19.6. The molecule has 0 bridgehead atoms. The first-order chi connectivity index (χ1) is 16.0. The van der Waals surface area contributed by atoms with Gasteiger partial charge in [-0.25, -0.2) is 0 Å². The first-order valence-electron chi connectivity index (χ1n) is 11.4. The summed E-state index contributed by atoms with van der Waals surface area (Å²) >= 11 is 0. The molecule has 1 aromatic heterocycles. The van der Waals surface area contributed by atoms with Crippen molar-refractivity contribution in [2.75, 3.05) is 47.2 Å². The molecule has 1 aromatic carbocycles. The van der Waals surface area contributed by atoms with Gasteiger partial charge in [0.25, 0.3) is 5.91 Å². The molecule has 1 atom stereocenters. The fourth-order valence-electron chi connectivity index (χ4n) is 4.06. The van der Waals surface area contributed by atoms with Crippen LogP contribution in [-0.2, 0) is 27.4 Å². The van der Waals surface area contributed by atoms with E-state index in [0.29, 0.717) is 62.5 Å². The van der Waals surface area contributed by atoms with E-state index < -0.39 is 0 Å². The highest BCUT2D eigenvalue weighted by atomic mass is 16.5. The van der Waals surface area contributed by atoms with E-state index in [4.69, 9.17) is 28.1 Å². The van der Waals surface area contributed by atoms with Gasteiger partial charge in [-0.2, -0.15) is 0 Å². The third-order valence-electron chi connectivity index (χ3n) is 5.97. The highest BCUT2D eigenvalue weighted by Crippen LogP contribution is 2.33. The highest BCUT2D eigenvalue weighted by Gasteiger charge is 2.34. The number of methoxy groups -OCH3 is 2. The van der Waals surface area contributed by atoms with E-state index in [2.05, 4.69) is 6.92 Å². The lowest BCUT2D eigenvalue weighted by Gasteiger charge is -2.37. The molecule has 2 aliphatic rings. The van der Waals surface area contributed by atoms with Crippen LogP contribution in [-0.4, -0.2) is 64.1 Å². The van der Waals surface area contributed by atoms with Gasteiger partial charge in [0.05, 0.1) is 33.0 Å². The van der Waals surface area contributed by atoms with Crippen molar-refractivity contribution in [2.24, 2.45) is 5.41 Å². The van der Waals surface area contributed by atoms with Crippen LogP contribution in [0.1, 0.15) is 41.6 Å². The third-order valence-corrected chi connectivity index (χ3v) is 5.97. The second-order valence-corrected chi connectivity index (χ2v) is 9.10. The van der Waals surface area contributed by atoms with Crippen molar-refractivity contribution in [1.29, 1.82) is 0 Å². The molecule has 2 aliphatic heterocycles. The van der Waals surface area contributed by atoms with Gasteiger partial charge in [0, 0.05) is 32.2 Å². The molecular formula is C25H33NO7. The van der Waals surface area contributed by atoms with E-state index in [1.165, 1.54) is 0 Å². The molecule has 8 heteroatoms. The zero-order chi connectivity index (χ0) is 23.3. The maximum Gasteiger partial charge on any atom is 0.289 e. The minimum atomic E-state index is -0.176. The topological polar surface area (TPSA) is 79.6 Å². The fourth-order valence-corrected chi connectivity index (χ4v) is 4.06. The summed E-state index contributed by atoms with van der Waals surface area (Å²) in [6.07, 6.45) is 1.97. The fraction of sp³-hybridized carbons (Fsp3) is 0.560. The van der Waals surface area contributed by atoms with Gasteiger partial charge in [0.1, 0.15) is 12.4 Å². The van der Waals surface area contributed by atoms with Gasteiger partial charge in [-0.05, 0) is 42.7 Å². The summed E-state index contributed by atoms with van der Waals surface area (Å²) in [5.74, 6) is 2.06. The third kappa shape index (κ3) is 5.88. The Bertz CT molecular complexity index is 931. The first kappa shape index (κ1) is 23.6. The standard InChI is InChI=1S/C25H33NO7/c1-25(15-30-16-25)17-32-23-11-18(6-8-21(23)29-3)12-26(13-19-5-4-10-31-19)24(27)22-9-7-20(33-22)14-28-2/h6-9,11,19H,4-5,10,12-17H2,1-3H3/t19-/m1/s1. The zero-order valence-corrected chi connectivity index (χ0v) is 19.6. The second-order valence-electron chi connectivity index (χ2n) is 9.10. The monoisotopic (exact) mass is 459 g/mol. The molecule has 0 radical (unpaired) electrons. The molecule has 0 saturated carbocycles. The lowest BCUT2D eigenvalue weighted by molar-refractivity contribution is -0.120. The van der Waals surface area contributed by atoms with Crippen LogP contribution in [0.4, 0.5) is 0 Å². The van der Waals surface area contributed by atoms with Crippen molar-refractivity contribution in [2.45, 2.75) is 39.0 Å². The Kier molecular flexibility index (Phi) is 7.57. The molecule has 180 valence electrons. The maximum atomic E-state index is 13.3. The van der Waals surface area contributed by atoms with Gasteiger partial charge in [-0.15, -0.1) is 0 Å². The lowest BCUT2D eigenvalue weighted by Crippen LogP contribution is -2.44. The van der Waals surface area contributed by atoms with Crippen molar-refractivity contribution in [3.05, 3.63) is 47.4 Å². The van der Waals surface area contributed by atoms with Gasteiger partial charge in [0.15, 0.2) is 17.3 Å². The summed E-state index contributed by atoms with van der Waals surface area (Å²) in [4.78, 5) is 15.1. The lowest BCUT2D eigenvalue weighted by atomic mass is 9.90. The molecule has 1 amide bonds. The minimum Gasteiger partial charge on any atom is -0.493 e. The van der Waals surface area contributed by atoms with Crippen molar-refractivity contribution in [3.63, 3.8) is 0 Å². The Hall–Kier alpha value is -2.55. The molecule has 33 heavy (non-hydrogen) atoms. The number of hydrogen-bond donors (Lipinski definition) is 0. The molecule has 2 fully saturated rings. The van der Waals surface area contributed by atoms with Crippen LogP contribution in [0.25, 0.3) is 0 Å². The molecular weight excluding hydrogens is 426 g/mol. The van der Waals surface area contributed by atoms with Gasteiger partial charge in [0.2, 0.25) is 0 Å². The van der Waals surface area contributed by atoms with Crippen molar-refractivity contribution < 1.29 is 32.9 Å². The number of rotatable bonds is 11. The Morgan fingerprint density at radius 3 is 2.70 bits per heavy atom. The number of nitrogens with zero attached hydrogens (tertiary/aromatic N) is 1. The second kappa shape index (κ2) is 10.6. The van der Waals surface area contributed by atoms with Crippen LogP contribution in [0, 0.1) is 5.41 Å². The molecule has 3 heterocycles. The molecule has 8 nitrogen and oxygen atoms in total. The Morgan fingerprint density at radius 1 is 1.18 bits per heavy atom. The maximum absolute atomic E-state index is 13.3. The summed E-state index contributed by atoms with van der Waals surface area (Å²) in [5.41, 5.74) is 0.956. The molecule has 0 unspecified atom stereocenters. The van der Waals surface area contributed by atoms with Crippen LogP contribution in [0.15, 0.2) is 34.7 Å². The quantitative estimate of drug-likeness (QED) is 0.507. The number of furan rings is 1. The summed E-state index contributed by atoms with van der Waals surface area (Å²) in [6, 6.07) is 9.24. The van der Waals surface area contributed by atoms with Crippen LogP contribution >= 0.6 is 0 Å². The predicted octanol–water partition coefficient (Wildman–Crippen LogP) is 3.67. The molecule has 2 saturated heterocycles. The Balaban J connectivity index is 1.51.